The normalized spacial score (nSPS) is 20.3. The lowest BCUT2D eigenvalue weighted by atomic mass is 9.98. The standard InChI is InChI=1S/C25H28N2O4/c1-17-5-3-4-6-19(17)14-22-24(28)23-18(2)13-21-20(25(23)31-22)15-27(16-30-21)8-7-26-9-11-29-12-10-26/h3-6,13-14H,7-12,15-16H2,1-2H3/b22-14-. The Morgan fingerprint density at radius 1 is 1.03 bits per heavy atom. The van der Waals surface area contributed by atoms with Crippen molar-refractivity contribution in [2.45, 2.75) is 20.4 Å². The van der Waals surface area contributed by atoms with Gasteiger partial charge >= 0.3 is 0 Å². The van der Waals surface area contributed by atoms with E-state index >= 15 is 0 Å². The van der Waals surface area contributed by atoms with E-state index in [-0.39, 0.29) is 5.78 Å². The monoisotopic (exact) mass is 420 g/mol. The number of fused-ring (bicyclic) bond motifs is 3. The molecule has 0 bridgehead atoms. The van der Waals surface area contributed by atoms with Crippen molar-refractivity contribution < 1.29 is 19.0 Å². The maximum atomic E-state index is 13.2. The molecule has 0 radical (unpaired) electrons. The number of Topliss-reactive ketones (excluding diaryl/α,β-unsaturated/α-hetero) is 1. The molecule has 6 nitrogen and oxygen atoms in total. The highest BCUT2D eigenvalue weighted by molar-refractivity contribution is 6.16. The summed E-state index contributed by atoms with van der Waals surface area (Å²) < 4.78 is 17.7. The number of benzene rings is 2. The Balaban J connectivity index is 1.38. The molecule has 3 heterocycles. The molecular formula is C25H28N2O4. The Bertz CT molecular complexity index is 1040. The summed E-state index contributed by atoms with van der Waals surface area (Å²) in [7, 11) is 0. The highest BCUT2D eigenvalue weighted by atomic mass is 16.5. The fraction of sp³-hybridized carbons (Fsp3) is 0.400. The van der Waals surface area contributed by atoms with Crippen LogP contribution in [0.1, 0.15) is 32.6 Å². The first-order chi connectivity index (χ1) is 15.1. The predicted molar refractivity (Wildman–Crippen MR) is 118 cm³/mol. The van der Waals surface area contributed by atoms with Crippen LogP contribution in [0.5, 0.6) is 11.5 Å². The minimum Gasteiger partial charge on any atom is -0.478 e. The summed E-state index contributed by atoms with van der Waals surface area (Å²) in [6.45, 7) is 10.7. The smallest absolute Gasteiger partial charge is 0.232 e. The Morgan fingerprint density at radius 2 is 1.81 bits per heavy atom. The molecule has 0 amide bonds. The molecule has 2 aromatic carbocycles. The molecule has 0 atom stereocenters. The van der Waals surface area contributed by atoms with Gasteiger partial charge in [-0.3, -0.25) is 14.6 Å². The second-order valence-electron chi connectivity index (χ2n) is 8.45. The summed E-state index contributed by atoms with van der Waals surface area (Å²) in [5, 5.41) is 0. The van der Waals surface area contributed by atoms with Gasteiger partial charge in [-0.25, -0.2) is 0 Å². The summed E-state index contributed by atoms with van der Waals surface area (Å²) in [5.74, 6) is 1.81. The fourth-order valence-electron chi connectivity index (χ4n) is 4.42. The van der Waals surface area contributed by atoms with E-state index < -0.39 is 0 Å². The van der Waals surface area contributed by atoms with Gasteiger partial charge in [0.05, 0.1) is 24.3 Å². The molecule has 6 heteroatoms. The van der Waals surface area contributed by atoms with Crippen molar-refractivity contribution in [2.75, 3.05) is 46.1 Å². The van der Waals surface area contributed by atoms with E-state index in [1.165, 1.54) is 0 Å². The third-order valence-electron chi connectivity index (χ3n) is 6.30. The van der Waals surface area contributed by atoms with Crippen LogP contribution in [0.25, 0.3) is 6.08 Å². The Hall–Kier alpha value is -2.67. The molecule has 1 saturated heterocycles. The minimum absolute atomic E-state index is 0.0519. The van der Waals surface area contributed by atoms with Crippen LogP contribution in [0.3, 0.4) is 0 Å². The van der Waals surface area contributed by atoms with E-state index in [9.17, 15) is 4.79 Å². The van der Waals surface area contributed by atoms with Gasteiger partial charge in [0.2, 0.25) is 5.78 Å². The largest absolute Gasteiger partial charge is 0.478 e. The number of hydrogen-bond acceptors (Lipinski definition) is 6. The summed E-state index contributed by atoms with van der Waals surface area (Å²) in [5.41, 5.74) is 4.63. The van der Waals surface area contributed by atoms with E-state index in [0.29, 0.717) is 30.3 Å². The van der Waals surface area contributed by atoms with Crippen LogP contribution in [0, 0.1) is 13.8 Å². The first-order valence-electron chi connectivity index (χ1n) is 10.9. The van der Waals surface area contributed by atoms with Crippen molar-refractivity contribution in [1.29, 1.82) is 0 Å². The first kappa shape index (κ1) is 20.2. The van der Waals surface area contributed by atoms with Gasteiger partial charge in [-0.1, -0.05) is 24.3 Å². The number of ketones is 1. The third kappa shape index (κ3) is 3.99. The molecule has 0 aliphatic carbocycles. The van der Waals surface area contributed by atoms with Gasteiger partial charge in [-0.15, -0.1) is 0 Å². The number of allylic oxidation sites excluding steroid dienone is 1. The molecule has 5 rings (SSSR count). The second-order valence-corrected chi connectivity index (χ2v) is 8.45. The lowest BCUT2D eigenvalue weighted by Gasteiger charge is -2.33. The van der Waals surface area contributed by atoms with Gasteiger partial charge in [0.15, 0.2) is 5.76 Å². The fourth-order valence-corrected chi connectivity index (χ4v) is 4.42. The number of carbonyl (C=O) groups is 1. The van der Waals surface area contributed by atoms with Gasteiger partial charge in [-0.2, -0.15) is 0 Å². The van der Waals surface area contributed by atoms with Crippen LogP contribution in [0.15, 0.2) is 36.1 Å². The number of nitrogens with zero attached hydrogens (tertiary/aromatic N) is 2. The van der Waals surface area contributed by atoms with Gasteiger partial charge < -0.3 is 14.2 Å². The zero-order valence-electron chi connectivity index (χ0n) is 18.1. The highest BCUT2D eigenvalue weighted by Gasteiger charge is 2.35. The predicted octanol–water partition coefficient (Wildman–Crippen LogP) is 3.40. The van der Waals surface area contributed by atoms with Crippen LogP contribution in [0.4, 0.5) is 0 Å². The van der Waals surface area contributed by atoms with Gasteiger partial charge in [0.1, 0.15) is 18.2 Å². The zero-order chi connectivity index (χ0) is 21.4. The first-order valence-corrected chi connectivity index (χ1v) is 10.9. The summed E-state index contributed by atoms with van der Waals surface area (Å²) in [6.07, 6.45) is 1.85. The lowest BCUT2D eigenvalue weighted by molar-refractivity contribution is 0.0239. The average molecular weight is 421 g/mol. The summed E-state index contributed by atoms with van der Waals surface area (Å²) in [4.78, 5) is 17.9. The number of ether oxygens (including phenoxy) is 3. The van der Waals surface area contributed by atoms with E-state index in [1.54, 1.807) is 0 Å². The number of aryl methyl sites for hydroxylation is 2. The summed E-state index contributed by atoms with van der Waals surface area (Å²) in [6, 6.07) is 9.98. The maximum absolute atomic E-state index is 13.2. The van der Waals surface area contributed by atoms with Crippen LogP contribution < -0.4 is 9.47 Å². The maximum Gasteiger partial charge on any atom is 0.232 e. The Labute approximate surface area is 183 Å². The van der Waals surface area contributed by atoms with Crippen LogP contribution >= 0.6 is 0 Å². The van der Waals surface area contributed by atoms with Crippen molar-refractivity contribution in [3.05, 3.63) is 63.9 Å². The zero-order valence-corrected chi connectivity index (χ0v) is 18.1. The molecule has 2 aromatic rings. The Morgan fingerprint density at radius 3 is 2.61 bits per heavy atom. The van der Waals surface area contributed by atoms with E-state index in [4.69, 9.17) is 14.2 Å². The van der Waals surface area contributed by atoms with Crippen molar-refractivity contribution in [3.8, 4) is 11.5 Å². The number of carbonyl (C=O) groups excluding carboxylic acids is 1. The van der Waals surface area contributed by atoms with Crippen LogP contribution in [-0.4, -0.2) is 61.7 Å². The van der Waals surface area contributed by atoms with Crippen molar-refractivity contribution in [2.24, 2.45) is 0 Å². The molecular weight excluding hydrogens is 392 g/mol. The number of rotatable bonds is 4. The number of morpholine rings is 1. The Kier molecular flexibility index (Phi) is 5.52. The lowest BCUT2D eigenvalue weighted by Crippen LogP contribution is -2.43. The van der Waals surface area contributed by atoms with Crippen molar-refractivity contribution in [1.82, 2.24) is 9.80 Å². The molecule has 0 spiro atoms. The van der Waals surface area contributed by atoms with Crippen molar-refractivity contribution in [3.63, 3.8) is 0 Å². The molecule has 0 N–H and O–H groups in total. The van der Waals surface area contributed by atoms with Crippen molar-refractivity contribution >= 4 is 11.9 Å². The van der Waals surface area contributed by atoms with Gasteiger partial charge in [0, 0.05) is 32.7 Å². The average Bonchev–Trinajstić information content (AvgIpc) is 3.12. The third-order valence-corrected chi connectivity index (χ3v) is 6.30. The van der Waals surface area contributed by atoms with Crippen LogP contribution in [0.2, 0.25) is 0 Å². The molecule has 0 unspecified atom stereocenters. The van der Waals surface area contributed by atoms with E-state index in [0.717, 1.165) is 67.4 Å². The molecule has 0 saturated carbocycles. The molecule has 162 valence electrons. The molecule has 3 aliphatic rings. The minimum atomic E-state index is -0.0519. The van der Waals surface area contributed by atoms with E-state index in [1.807, 2.05) is 50.3 Å². The quantitative estimate of drug-likeness (QED) is 0.707. The molecule has 1 fully saturated rings. The topological polar surface area (TPSA) is 51.2 Å². The van der Waals surface area contributed by atoms with Gasteiger partial charge in [-0.05, 0) is 42.7 Å². The molecule has 3 aliphatic heterocycles. The van der Waals surface area contributed by atoms with Gasteiger partial charge in [0.25, 0.3) is 0 Å². The second kappa shape index (κ2) is 8.46. The molecule has 0 aromatic heterocycles. The molecule has 31 heavy (non-hydrogen) atoms. The SMILES string of the molecule is Cc1ccccc1/C=C1\Oc2c3c(cc(C)c2C1=O)OCN(CCN1CCOCC1)C3. The number of hydrogen-bond donors (Lipinski definition) is 0. The van der Waals surface area contributed by atoms with Crippen LogP contribution in [-0.2, 0) is 11.3 Å². The van der Waals surface area contributed by atoms with E-state index in [2.05, 4.69) is 9.80 Å². The highest BCUT2D eigenvalue weighted by Crippen LogP contribution is 2.44. The summed E-state index contributed by atoms with van der Waals surface area (Å²) >= 11 is 0.